The number of hydrogen-bond acceptors (Lipinski definition) is 4. The van der Waals surface area contributed by atoms with Crippen LogP contribution in [-0.4, -0.2) is 60.2 Å². The summed E-state index contributed by atoms with van der Waals surface area (Å²) in [5, 5.41) is 1.86. The Kier molecular flexibility index (Phi) is 5.85. The van der Waals surface area contributed by atoms with Crippen LogP contribution in [0.15, 0.2) is 41.8 Å². The van der Waals surface area contributed by atoms with Gasteiger partial charge in [-0.25, -0.2) is 4.39 Å². The summed E-state index contributed by atoms with van der Waals surface area (Å²) >= 11 is 1.39. The lowest BCUT2D eigenvalue weighted by Crippen LogP contribution is -2.50. The standard InChI is InChI=1S/C22H24FN3O3S/c1-24(18-10-12-26(21(18)28)17-8-3-2-7-16(17)23)20(27)15-6-4-11-25(14-15)22(29)19-9-5-13-30-19/h2-3,5,7-9,13,15,18H,4,6,10-12,14H2,1H3. The van der Waals surface area contributed by atoms with E-state index in [-0.39, 0.29) is 29.3 Å². The molecule has 2 saturated heterocycles. The molecule has 0 radical (unpaired) electrons. The Hall–Kier alpha value is -2.74. The number of rotatable bonds is 4. The van der Waals surface area contributed by atoms with E-state index in [0.29, 0.717) is 37.4 Å². The quantitative estimate of drug-likeness (QED) is 0.751. The molecule has 6 nitrogen and oxygen atoms in total. The molecule has 2 aliphatic rings. The molecule has 3 amide bonds. The van der Waals surface area contributed by atoms with Crippen molar-refractivity contribution >= 4 is 34.7 Å². The van der Waals surface area contributed by atoms with Crippen LogP contribution in [0.25, 0.3) is 0 Å². The van der Waals surface area contributed by atoms with Gasteiger partial charge in [0.05, 0.1) is 16.5 Å². The van der Waals surface area contributed by atoms with E-state index in [2.05, 4.69) is 0 Å². The number of anilines is 1. The van der Waals surface area contributed by atoms with Gasteiger partial charge in [-0.15, -0.1) is 11.3 Å². The van der Waals surface area contributed by atoms with E-state index in [1.807, 2.05) is 11.4 Å². The van der Waals surface area contributed by atoms with E-state index in [9.17, 15) is 18.8 Å². The van der Waals surface area contributed by atoms with Crippen LogP contribution >= 0.6 is 11.3 Å². The minimum absolute atomic E-state index is 0.0483. The van der Waals surface area contributed by atoms with Gasteiger partial charge in [0.25, 0.3) is 5.91 Å². The van der Waals surface area contributed by atoms with Crippen LogP contribution in [0.2, 0.25) is 0 Å². The topological polar surface area (TPSA) is 60.9 Å². The number of thiophene rings is 1. The van der Waals surface area contributed by atoms with Crippen LogP contribution in [0.5, 0.6) is 0 Å². The van der Waals surface area contributed by atoms with E-state index in [0.717, 1.165) is 6.42 Å². The molecule has 30 heavy (non-hydrogen) atoms. The fraction of sp³-hybridized carbons (Fsp3) is 0.409. The zero-order valence-corrected chi connectivity index (χ0v) is 17.6. The Balaban J connectivity index is 1.42. The number of benzene rings is 1. The van der Waals surface area contributed by atoms with Gasteiger partial charge in [-0.3, -0.25) is 14.4 Å². The first-order valence-corrected chi connectivity index (χ1v) is 11.0. The van der Waals surface area contributed by atoms with E-state index in [4.69, 9.17) is 0 Å². The molecule has 1 aromatic heterocycles. The average Bonchev–Trinajstić information content (AvgIpc) is 3.43. The number of halogens is 1. The molecule has 4 rings (SSSR count). The first kappa shape index (κ1) is 20.5. The molecule has 3 heterocycles. The van der Waals surface area contributed by atoms with E-state index in [1.54, 1.807) is 36.2 Å². The summed E-state index contributed by atoms with van der Waals surface area (Å²) in [5.74, 6) is -1.23. The maximum Gasteiger partial charge on any atom is 0.263 e. The molecule has 2 atom stereocenters. The van der Waals surface area contributed by atoms with Crippen LogP contribution in [0.3, 0.4) is 0 Å². The van der Waals surface area contributed by atoms with Crippen LogP contribution in [0.1, 0.15) is 28.9 Å². The third-order valence-electron chi connectivity index (χ3n) is 5.93. The van der Waals surface area contributed by atoms with E-state index >= 15 is 0 Å². The maximum atomic E-state index is 14.1. The van der Waals surface area contributed by atoms with Crippen molar-refractivity contribution in [2.24, 2.45) is 5.92 Å². The van der Waals surface area contributed by atoms with Gasteiger partial charge in [-0.1, -0.05) is 18.2 Å². The Morgan fingerprint density at radius 2 is 1.93 bits per heavy atom. The fourth-order valence-corrected chi connectivity index (χ4v) is 4.99. The Labute approximate surface area is 178 Å². The van der Waals surface area contributed by atoms with Gasteiger partial charge in [-0.2, -0.15) is 0 Å². The predicted octanol–water partition coefficient (Wildman–Crippen LogP) is 3.00. The average molecular weight is 430 g/mol. The third-order valence-corrected chi connectivity index (χ3v) is 6.78. The number of hydrogen-bond donors (Lipinski definition) is 0. The summed E-state index contributed by atoms with van der Waals surface area (Å²) in [6, 6.07) is 9.19. The van der Waals surface area contributed by atoms with Gasteiger partial charge in [-0.05, 0) is 42.8 Å². The highest BCUT2D eigenvalue weighted by molar-refractivity contribution is 7.12. The number of likely N-dealkylation sites (N-methyl/N-ethyl adjacent to an activating group) is 1. The Morgan fingerprint density at radius 3 is 2.67 bits per heavy atom. The highest BCUT2D eigenvalue weighted by atomic mass is 32.1. The molecule has 1 aromatic carbocycles. The highest BCUT2D eigenvalue weighted by Gasteiger charge is 2.40. The van der Waals surface area contributed by atoms with Crippen molar-refractivity contribution in [2.75, 3.05) is 31.6 Å². The first-order chi connectivity index (χ1) is 14.5. The van der Waals surface area contributed by atoms with E-state index < -0.39 is 11.9 Å². The molecular formula is C22H24FN3O3S. The summed E-state index contributed by atoms with van der Waals surface area (Å²) in [7, 11) is 1.63. The van der Waals surface area contributed by atoms with Crippen LogP contribution in [0.4, 0.5) is 10.1 Å². The van der Waals surface area contributed by atoms with E-state index in [1.165, 1.54) is 27.2 Å². The molecule has 0 aliphatic carbocycles. The van der Waals surface area contributed by atoms with Gasteiger partial charge in [0.2, 0.25) is 11.8 Å². The third kappa shape index (κ3) is 3.84. The molecule has 158 valence electrons. The number of likely N-dealkylation sites (tertiary alicyclic amines) is 1. The van der Waals surface area contributed by atoms with Crippen LogP contribution in [0, 0.1) is 11.7 Å². The summed E-state index contributed by atoms with van der Waals surface area (Å²) in [6.45, 7) is 1.36. The number of nitrogens with zero attached hydrogens (tertiary/aromatic N) is 3. The minimum atomic E-state index is -0.611. The van der Waals surface area contributed by atoms with Gasteiger partial charge in [0, 0.05) is 26.7 Å². The molecular weight excluding hydrogens is 405 g/mol. The lowest BCUT2D eigenvalue weighted by Gasteiger charge is -2.35. The van der Waals surface area contributed by atoms with Crippen molar-refractivity contribution in [2.45, 2.75) is 25.3 Å². The predicted molar refractivity (Wildman–Crippen MR) is 113 cm³/mol. The number of amides is 3. The van der Waals surface area contributed by atoms with Gasteiger partial charge < -0.3 is 14.7 Å². The summed E-state index contributed by atoms with van der Waals surface area (Å²) in [6.07, 6.45) is 1.90. The molecule has 0 spiro atoms. The van der Waals surface area contributed by atoms with Crippen molar-refractivity contribution in [3.63, 3.8) is 0 Å². The fourth-order valence-electron chi connectivity index (χ4n) is 4.29. The zero-order chi connectivity index (χ0) is 21.3. The second kappa shape index (κ2) is 8.55. The molecule has 0 bridgehead atoms. The van der Waals surface area contributed by atoms with Crippen molar-refractivity contribution in [1.29, 1.82) is 0 Å². The smallest absolute Gasteiger partial charge is 0.263 e. The van der Waals surface area contributed by atoms with Crippen molar-refractivity contribution in [3.05, 3.63) is 52.5 Å². The first-order valence-electron chi connectivity index (χ1n) is 10.1. The number of carbonyl (C=O) groups excluding carboxylic acids is 3. The van der Waals surface area contributed by atoms with Gasteiger partial charge in [0.1, 0.15) is 11.9 Å². The summed E-state index contributed by atoms with van der Waals surface area (Å²) in [5.41, 5.74) is 0.247. The monoisotopic (exact) mass is 429 g/mol. The Bertz CT molecular complexity index is 949. The molecule has 0 saturated carbocycles. The van der Waals surface area contributed by atoms with Crippen LogP contribution < -0.4 is 4.90 Å². The van der Waals surface area contributed by atoms with Crippen LogP contribution in [-0.2, 0) is 9.59 Å². The van der Waals surface area contributed by atoms with Gasteiger partial charge >= 0.3 is 0 Å². The molecule has 2 unspecified atom stereocenters. The molecule has 2 fully saturated rings. The van der Waals surface area contributed by atoms with Crippen molar-refractivity contribution < 1.29 is 18.8 Å². The minimum Gasteiger partial charge on any atom is -0.337 e. The SMILES string of the molecule is CN(C(=O)C1CCCN(C(=O)c2cccs2)C1)C1CCN(c2ccccc2F)C1=O. The lowest BCUT2D eigenvalue weighted by atomic mass is 9.95. The second-order valence-electron chi connectivity index (χ2n) is 7.76. The number of para-hydroxylation sites is 1. The second-order valence-corrected chi connectivity index (χ2v) is 8.71. The number of carbonyl (C=O) groups is 3. The zero-order valence-electron chi connectivity index (χ0n) is 16.8. The van der Waals surface area contributed by atoms with Gasteiger partial charge in [0.15, 0.2) is 0 Å². The highest BCUT2D eigenvalue weighted by Crippen LogP contribution is 2.28. The van der Waals surface area contributed by atoms with Crippen molar-refractivity contribution in [3.8, 4) is 0 Å². The molecule has 2 aliphatic heterocycles. The molecule has 2 aromatic rings. The summed E-state index contributed by atoms with van der Waals surface area (Å²) in [4.78, 5) is 44.0. The molecule has 8 heteroatoms. The Morgan fingerprint density at radius 1 is 1.13 bits per heavy atom. The number of piperidine rings is 1. The normalized spacial score (nSPS) is 21.7. The largest absolute Gasteiger partial charge is 0.337 e. The lowest BCUT2D eigenvalue weighted by molar-refractivity contribution is -0.141. The van der Waals surface area contributed by atoms with Crippen molar-refractivity contribution in [1.82, 2.24) is 9.80 Å². The molecule has 0 N–H and O–H groups in total. The maximum absolute atomic E-state index is 14.1. The summed E-state index contributed by atoms with van der Waals surface area (Å²) < 4.78 is 14.1.